The fourth-order valence-electron chi connectivity index (χ4n) is 11.3. The monoisotopic (exact) mass is 867 g/mol. The Morgan fingerprint density at radius 2 is 1.03 bits per heavy atom. The molecule has 0 bridgehead atoms. The second kappa shape index (κ2) is 16.2. The summed E-state index contributed by atoms with van der Waals surface area (Å²) in [6.45, 7) is 0. The molecule has 0 unspecified atom stereocenters. The molecule has 0 fully saturated rings. The zero-order valence-corrected chi connectivity index (χ0v) is 37.4. The van der Waals surface area contributed by atoms with Crippen LogP contribution in [0.5, 0.6) is 0 Å². The summed E-state index contributed by atoms with van der Waals surface area (Å²) in [7, 11) is 0. The van der Waals surface area contributed by atoms with Crippen LogP contribution in [-0.2, 0) is 5.41 Å². The van der Waals surface area contributed by atoms with E-state index in [-0.39, 0.29) is 0 Å². The fourth-order valence-corrected chi connectivity index (χ4v) is 11.3. The first-order valence-electron chi connectivity index (χ1n) is 23.6. The third-order valence-electron chi connectivity index (χ3n) is 14.2. The maximum absolute atomic E-state index is 3.53. The van der Waals surface area contributed by atoms with Gasteiger partial charge in [-0.25, -0.2) is 0 Å². The van der Waals surface area contributed by atoms with E-state index in [0.717, 1.165) is 52.7 Å². The summed E-state index contributed by atoms with van der Waals surface area (Å²) in [4.78, 5) is 7.31. The summed E-state index contributed by atoms with van der Waals surface area (Å²) in [5, 5.41) is 2.46. The minimum Gasteiger partial charge on any atom is -0.314 e. The van der Waals surface area contributed by atoms with E-state index < -0.39 is 5.41 Å². The van der Waals surface area contributed by atoms with E-state index in [1.165, 1.54) is 66.7 Å². The minimum atomic E-state index is -0.599. The first-order valence-corrected chi connectivity index (χ1v) is 23.6. The molecule has 320 valence electrons. The molecule has 0 saturated carbocycles. The fraction of sp³-hybridized carbons (Fsp3) is 0.0462. The van der Waals surface area contributed by atoms with Crippen LogP contribution in [0.3, 0.4) is 0 Å². The summed E-state index contributed by atoms with van der Waals surface area (Å²) in [6.07, 6.45) is 6.43. The second-order valence-corrected chi connectivity index (χ2v) is 17.8. The molecule has 0 amide bonds. The van der Waals surface area contributed by atoms with E-state index in [0.29, 0.717) is 0 Å². The van der Waals surface area contributed by atoms with Crippen molar-refractivity contribution in [3.8, 4) is 11.1 Å². The van der Waals surface area contributed by atoms with Crippen LogP contribution >= 0.6 is 0 Å². The van der Waals surface area contributed by atoms with Crippen LogP contribution in [0.4, 0.5) is 45.5 Å². The quantitative estimate of drug-likeness (QED) is 0.151. The lowest BCUT2D eigenvalue weighted by Gasteiger charge is -2.46. The van der Waals surface area contributed by atoms with Gasteiger partial charge in [0.25, 0.3) is 0 Å². The number of para-hydroxylation sites is 4. The van der Waals surface area contributed by atoms with Gasteiger partial charge < -0.3 is 14.7 Å². The third-order valence-corrected chi connectivity index (χ3v) is 14.2. The molecule has 10 aromatic rings. The van der Waals surface area contributed by atoms with Gasteiger partial charge in [-0.2, -0.15) is 0 Å². The number of fused-ring (bicyclic) bond motifs is 10. The first kappa shape index (κ1) is 39.5. The van der Waals surface area contributed by atoms with Crippen molar-refractivity contribution in [2.45, 2.75) is 18.3 Å². The highest BCUT2D eigenvalue weighted by molar-refractivity contribution is 6.00. The minimum absolute atomic E-state index is 0.599. The predicted molar refractivity (Wildman–Crippen MR) is 282 cm³/mol. The van der Waals surface area contributed by atoms with Gasteiger partial charge in [0.05, 0.1) is 28.2 Å². The Morgan fingerprint density at radius 1 is 0.412 bits per heavy atom. The number of allylic oxidation sites excluding steroid dienone is 4. The summed E-state index contributed by atoms with van der Waals surface area (Å²) in [5.74, 6) is 0. The number of benzene rings is 9. The third kappa shape index (κ3) is 6.23. The van der Waals surface area contributed by atoms with Gasteiger partial charge in [-0.05, 0) is 154 Å². The van der Waals surface area contributed by atoms with Crippen LogP contribution in [0.1, 0.15) is 40.7 Å². The lowest BCUT2D eigenvalue weighted by atomic mass is 9.64. The molecule has 0 atom stereocenters. The zero-order valence-electron chi connectivity index (χ0n) is 37.4. The van der Waals surface area contributed by atoms with Crippen molar-refractivity contribution in [1.82, 2.24) is 0 Å². The van der Waals surface area contributed by atoms with Gasteiger partial charge >= 0.3 is 0 Å². The van der Waals surface area contributed by atoms with Gasteiger partial charge in [-0.3, -0.25) is 0 Å². The maximum atomic E-state index is 3.53. The van der Waals surface area contributed by atoms with Crippen molar-refractivity contribution >= 4 is 61.8 Å². The molecule has 0 radical (unpaired) electrons. The Labute approximate surface area is 398 Å². The maximum Gasteiger partial charge on any atom is 0.0973 e. The average Bonchev–Trinajstić information content (AvgIpc) is 3.71. The molecular weight excluding hydrogens is 823 g/mol. The smallest absolute Gasteiger partial charge is 0.0973 e. The van der Waals surface area contributed by atoms with E-state index in [9.17, 15) is 0 Å². The van der Waals surface area contributed by atoms with Crippen LogP contribution < -0.4 is 14.7 Å². The van der Waals surface area contributed by atoms with Crippen molar-refractivity contribution in [3.63, 3.8) is 0 Å². The number of rotatable bonds is 8. The van der Waals surface area contributed by atoms with Gasteiger partial charge in [-0.15, -0.1) is 0 Å². The standard InChI is InChI=1S/C65H45N3/c1-5-23-49(24-6-1)66(54-42-37-46-21-13-14-22-48(46)43-54)53-40-38-47(39-41-53)57-44-61-64(45-63(57)67(50-25-7-2-8-26-50)51-27-9-3-10-28-51)68(52-29-11-4-12-30-52)62-36-20-19-35-60(62)65(61)58-33-17-15-31-55(58)56-32-16-18-34-59(56)65/h1-9,11-27,29-38,40,42-45H,39,41H2. The largest absolute Gasteiger partial charge is 0.314 e. The molecular formula is C65H45N3. The molecule has 0 aromatic heterocycles. The van der Waals surface area contributed by atoms with Crippen LogP contribution in [0.15, 0.2) is 254 Å². The van der Waals surface area contributed by atoms with Crippen LogP contribution in [0.2, 0.25) is 0 Å². The van der Waals surface area contributed by atoms with Crippen LogP contribution in [0, 0.1) is 12.1 Å². The average molecular weight is 868 g/mol. The highest BCUT2D eigenvalue weighted by Gasteiger charge is 2.52. The summed E-state index contributed by atoms with van der Waals surface area (Å²) in [5.41, 5.74) is 19.6. The van der Waals surface area contributed by atoms with E-state index in [1.54, 1.807) is 0 Å². The molecule has 3 aliphatic rings. The molecule has 0 saturated heterocycles. The van der Waals surface area contributed by atoms with Crippen molar-refractivity contribution in [3.05, 3.63) is 294 Å². The highest BCUT2D eigenvalue weighted by atomic mass is 15.2. The summed E-state index contributed by atoms with van der Waals surface area (Å²) < 4.78 is 0. The molecule has 3 nitrogen and oxygen atoms in total. The molecule has 68 heavy (non-hydrogen) atoms. The van der Waals surface area contributed by atoms with Crippen molar-refractivity contribution < 1.29 is 0 Å². The van der Waals surface area contributed by atoms with E-state index in [2.05, 4.69) is 270 Å². The van der Waals surface area contributed by atoms with Crippen molar-refractivity contribution in [2.75, 3.05) is 14.7 Å². The number of nitrogens with zero attached hydrogens (tertiary/aromatic N) is 3. The number of hydrogen-bond acceptors (Lipinski definition) is 3. The van der Waals surface area contributed by atoms with Gasteiger partial charge in [0.15, 0.2) is 0 Å². The van der Waals surface area contributed by atoms with Gasteiger partial charge in [0, 0.05) is 34.0 Å². The van der Waals surface area contributed by atoms with Crippen LogP contribution in [0.25, 0.3) is 27.5 Å². The van der Waals surface area contributed by atoms with E-state index >= 15 is 0 Å². The Morgan fingerprint density at radius 3 is 1.71 bits per heavy atom. The Bertz CT molecular complexity index is 3490. The molecule has 2 aliphatic carbocycles. The summed E-state index contributed by atoms with van der Waals surface area (Å²) >= 11 is 0. The molecule has 10 aromatic carbocycles. The van der Waals surface area contributed by atoms with E-state index in [4.69, 9.17) is 0 Å². The Hall–Kier alpha value is -8.84. The molecule has 1 spiro atoms. The molecule has 13 rings (SSSR count). The summed E-state index contributed by atoms with van der Waals surface area (Å²) in [6, 6.07) is 93.1. The predicted octanol–water partition coefficient (Wildman–Crippen LogP) is 17.0. The lowest BCUT2D eigenvalue weighted by molar-refractivity contribution is 0.752. The number of anilines is 8. The van der Waals surface area contributed by atoms with Gasteiger partial charge in [0.2, 0.25) is 0 Å². The number of hydrogen-bond donors (Lipinski definition) is 0. The Balaban J connectivity index is 1.11. The van der Waals surface area contributed by atoms with Crippen molar-refractivity contribution in [1.29, 1.82) is 0 Å². The van der Waals surface area contributed by atoms with Gasteiger partial charge in [-0.1, -0.05) is 170 Å². The lowest BCUT2D eigenvalue weighted by Crippen LogP contribution is -2.36. The van der Waals surface area contributed by atoms with Crippen molar-refractivity contribution in [2.24, 2.45) is 0 Å². The molecule has 1 heterocycles. The van der Waals surface area contributed by atoms with Gasteiger partial charge in [0.1, 0.15) is 0 Å². The first-order chi connectivity index (χ1) is 33.8. The zero-order chi connectivity index (χ0) is 45.0. The highest BCUT2D eigenvalue weighted by Crippen LogP contribution is 2.64. The molecule has 0 N–H and O–H groups in total. The van der Waals surface area contributed by atoms with E-state index in [1.807, 2.05) is 6.07 Å². The second-order valence-electron chi connectivity index (χ2n) is 17.8. The molecule has 1 aliphatic heterocycles. The normalized spacial score (nSPS) is 13.9. The Kier molecular flexibility index (Phi) is 9.44. The topological polar surface area (TPSA) is 9.72 Å². The SMILES string of the molecule is c1cccc(N(c2ccccc2)c2cc3c(cc2C2=CC=C(N(c4ccccc4)c4ccc5ccccc5c4)CC2)C2(c4ccccc4-c4ccccc42)c2ccccc2N3c2ccccc2)c#1. The molecule has 3 heteroatoms. The van der Waals surface area contributed by atoms with Crippen LogP contribution in [-0.4, -0.2) is 0 Å².